The molecule has 18 heavy (non-hydrogen) atoms. The molecular weight excluding hydrogens is 289 g/mol. The lowest BCUT2D eigenvalue weighted by Crippen LogP contribution is -2.04. The van der Waals surface area contributed by atoms with E-state index >= 15 is 0 Å². The van der Waals surface area contributed by atoms with Crippen LogP contribution < -0.4 is 0 Å². The van der Waals surface area contributed by atoms with Crippen LogP contribution in [0.25, 0.3) is 0 Å². The van der Waals surface area contributed by atoms with Crippen molar-refractivity contribution in [3.63, 3.8) is 0 Å². The smallest absolute Gasteiger partial charge is 0.171 e. The summed E-state index contributed by atoms with van der Waals surface area (Å²) in [5.74, 6) is -0.0367. The van der Waals surface area contributed by atoms with Gasteiger partial charge in [-0.3, -0.25) is 4.79 Å². The highest BCUT2D eigenvalue weighted by atomic mass is 35.5. The quantitative estimate of drug-likeness (QED) is 0.782. The van der Waals surface area contributed by atoms with Gasteiger partial charge in [-0.25, -0.2) is 4.98 Å². The van der Waals surface area contributed by atoms with Gasteiger partial charge in [-0.15, -0.1) is 11.3 Å². The molecule has 0 unspecified atom stereocenters. The van der Waals surface area contributed by atoms with Gasteiger partial charge < -0.3 is 0 Å². The fraction of sp³-hybridized carbons (Fsp3) is 0.231. The third-order valence-corrected chi connectivity index (χ3v) is 4.24. The average Bonchev–Trinajstić information content (AvgIpc) is 2.57. The Morgan fingerprint density at radius 1 is 1.33 bits per heavy atom. The molecule has 0 aliphatic heterocycles. The monoisotopic (exact) mass is 299 g/mol. The summed E-state index contributed by atoms with van der Waals surface area (Å²) >= 11 is 13.3. The van der Waals surface area contributed by atoms with Crippen LogP contribution in [0, 0.1) is 13.8 Å². The van der Waals surface area contributed by atoms with E-state index in [9.17, 15) is 4.79 Å². The summed E-state index contributed by atoms with van der Waals surface area (Å²) in [6.07, 6.45) is 0.278. The van der Waals surface area contributed by atoms with Crippen molar-refractivity contribution in [3.05, 3.63) is 49.4 Å². The molecule has 1 heterocycles. The molecule has 0 fully saturated rings. The summed E-state index contributed by atoms with van der Waals surface area (Å²) in [7, 11) is 0. The van der Waals surface area contributed by atoms with Crippen LogP contribution in [0.15, 0.2) is 18.2 Å². The van der Waals surface area contributed by atoms with Gasteiger partial charge in [-0.1, -0.05) is 23.2 Å². The summed E-state index contributed by atoms with van der Waals surface area (Å²) in [6.45, 7) is 3.94. The van der Waals surface area contributed by atoms with Crippen molar-refractivity contribution in [2.75, 3.05) is 0 Å². The van der Waals surface area contributed by atoms with E-state index in [0.29, 0.717) is 15.6 Å². The van der Waals surface area contributed by atoms with Crippen molar-refractivity contribution in [3.8, 4) is 0 Å². The van der Waals surface area contributed by atoms with Crippen LogP contribution in [0.5, 0.6) is 0 Å². The van der Waals surface area contributed by atoms with Crippen LogP contribution in [0.4, 0.5) is 0 Å². The van der Waals surface area contributed by atoms with Crippen molar-refractivity contribution in [2.45, 2.75) is 20.3 Å². The summed E-state index contributed by atoms with van der Waals surface area (Å²) in [6, 6.07) is 4.90. The number of ketones is 1. The molecule has 2 aromatic rings. The Bertz CT molecular complexity index is 588. The van der Waals surface area contributed by atoms with E-state index in [-0.39, 0.29) is 12.2 Å². The number of halogens is 2. The van der Waals surface area contributed by atoms with Gasteiger partial charge >= 0.3 is 0 Å². The molecule has 0 spiro atoms. The number of nitrogens with zero attached hydrogens (tertiary/aromatic N) is 1. The molecule has 1 aromatic heterocycles. The van der Waals surface area contributed by atoms with Crippen LogP contribution in [-0.2, 0) is 6.42 Å². The maximum atomic E-state index is 12.1. The largest absolute Gasteiger partial charge is 0.294 e. The van der Waals surface area contributed by atoms with Crippen LogP contribution in [0.1, 0.15) is 25.9 Å². The van der Waals surface area contributed by atoms with Gasteiger partial charge in [0.15, 0.2) is 5.78 Å². The van der Waals surface area contributed by atoms with E-state index < -0.39 is 0 Å². The molecule has 0 radical (unpaired) electrons. The molecular formula is C13H11Cl2NOS. The van der Waals surface area contributed by atoms with Crippen LogP contribution >= 0.6 is 34.5 Å². The number of benzene rings is 1. The van der Waals surface area contributed by atoms with Crippen LogP contribution in [0.2, 0.25) is 10.0 Å². The number of aryl methyl sites for hydroxylation is 2. The minimum Gasteiger partial charge on any atom is -0.294 e. The Hall–Kier alpha value is -0.900. The predicted molar refractivity (Wildman–Crippen MR) is 76.1 cm³/mol. The SMILES string of the molecule is Cc1nc(CC(=O)c2ccc(Cl)cc2Cl)sc1C. The number of rotatable bonds is 3. The van der Waals surface area contributed by atoms with E-state index in [1.54, 1.807) is 29.5 Å². The summed E-state index contributed by atoms with van der Waals surface area (Å²) < 4.78 is 0. The average molecular weight is 300 g/mol. The first kappa shape index (κ1) is 13.5. The molecule has 2 rings (SSSR count). The van der Waals surface area contributed by atoms with Gasteiger partial charge in [-0.2, -0.15) is 0 Å². The molecule has 0 aliphatic carbocycles. The van der Waals surface area contributed by atoms with E-state index in [0.717, 1.165) is 15.6 Å². The minimum absolute atomic E-state index is 0.0367. The fourth-order valence-corrected chi connectivity index (χ4v) is 3.01. The number of carbonyl (C=O) groups is 1. The number of Topliss-reactive ketones (excluding diaryl/α,β-unsaturated/α-hetero) is 1. The van der Waals surface area contributed by atoms with E-state index in [1.807, 2.05) is 13.8 Å². The summed E-state index contributed by atoms with van der Waals surface area (Å²) in [4.78, 5) is 17.6. The second-order valence-corrected chi connectivity index (χ2v) is 6.10. The van der Waals surface area contributed by atoms with Crippen LogP contribution in [0.3, 0.4) is 0 Å². The van der Waals surface area contributed by atoms with Gasteiger partial charge in [-0.05, 0) is 32.0 Å². The topological polar surface area (TPSA) is 30.0 Å². The van der Waals surface area contributed by atoms with Gasteiger partial charge in [0.25, 0.3) is 0 Å². The first-order valence-corrected chi connectivity index (χ1v) is 6.96. The standard InChI is InChI=1S/C13H11Cl2NOS/c1-7-8(2)18-13(16-7)6-12(17)10-4-3-9(14)5-11(10)15/h3-5H,6H2,1-2H3. The van der Waals surface area contributed by atoms with Crippen molar-refractivity contribution >= 4 is 40.3 Å². The van der Waals surface area contributed by atoms with Gasteiger partial charge in [0.05, 0.1) is 17.1 Å². The van der Waals surface area contributed by atoms with E-state index in [4.69, 9.17) is 23.2 Å². The molecule has 0 bridgehead atoms. The summed E-state index contributed by atoms with van der Waals surface area (Å²) in [5.41, 5.74) is 1.47. The number of hydrogen-bond acceptors (Lipinski definition) is 3. The molecule has 0 aliphatic rings. The highest BCUT2D eigenvalue weighted by Gasteiger charge is 2.14. The Morgan fingerprint density at radius 2 is 2.06 bits per heavy atom. The number of thiazole rings is 1. The number of aromatic nitrogens is 1. The van der Waals surface area contributed by atoms with Gasteiger partial charge in [0.1, 0.15) is 5.01 Å². The second-order valence-electron chi connectivity index (χ2n) is 3.97. The van der Waals surface area contributed by atoms with E-state index in [1.165, 1.54) is 0 Å². The maximum absolute atomic E-state index is 12.1. The number of carbonyl (C=O) groups excluding carboxylic acids is 1. The minimum atomic E-state index is -0.0367. The molecule has 5 heteroatoms. The Kier molecular flexibility index (Phi) is 4.05. The molecule has 0 amide bonds. The normalized spacial score (nSPS) is 10.7. The fourth-order valence-electron chi connectivity index (χ4n) is 1.56. The van der Waals surface area contributed by atoms with Crippen LogP contribution in [-0.4, -0.2) is 10.8 Å². The predicted octanol–water partition coefficient (Wildman–Crippen LogP) is 4.49. The summed E-state index contributed by atoms with van der Waals surface area (Å²) in [5, 5.41) is 1.73. The number of hydrogen-bond donors (Lipinski definition) is 0. The van der Waals surface area contributed by atoms with Gasteiger partial charge in [0, 0.05) is 15.5 Å². The van der Waals surface area contributed by atoms with Crippen molar-refractivity contribution in [2.24, 2.45) is 0 Å². The molecule has 0 N–H and O–H groups in total. The molecule has 1 aromatic carbocycles. The zero-order valence-corrected chi connectivity index (χ0v) is 12.3. The van der Waals surface area contributed by atoms with Crippen molar-refractivity contribution in [1.82, 2.24) is 4.98 Å². The van der Waals surface area contributed by atoms with Gasteiger partial charge in [0.2, 0.25) is 0 Å². The lowest BCUT2D eigenvalue weighted by Gasteiger charge is -2.02. The second kappa shape index (κ2) is 5.39. The zero-order valence-electron chi connectivity index (χ0n) is 9.96. The maximum Gasteiger partial charge on any atom is 0.171 e. The molecule has 0 saturated carbocycles. The van der Waals surface area contributed by atoms with E-state index in [2.05, 4.69) is 4.98 Å². The molecule has 94 valence electrons. The Labute approximate surface area is 120 Å². The molecule has 0 saturated heterocycles. The highest BCUT2D eigenvalue weighted by molar-refractivity contribution is 7.11. The lowest BCUT2D eigenvalue weighted by molar-refractivity contribution is 0.0993. The van der Waals surface area contributed by atoms with Crippen molar-refractivity contribution in [1.29, 1.82) is 0 Å². The Balaban J connectivity index is 2.22. The zero-order chi connectivity index (χ0) is 13.3. The molecule has 0 atom stereocenters. The third kappa shape index (κ3) is 2.91. The lowest BCUT2D eigenvalue weighted by atomic mass is 10.1. The first-order valence-electron chi connectivity index (χ1n) is 5.38. The van der Waals surface area contributed by atoms with Crippen molar-refractivity contribution < 1.29 is 4.79 Å². The first-order chi connectivity index (χ1) is 8.47. The highest BCUT2D eigenvalue weighted by Crippen LogP contribution is 2.24. The molecule has 2 nitrogen and oxygen atoms in total. The Morgan fingerprint density at radius 3 is 2.61 bits per heavy atom. The third-order valence-electron chi connectivity index (χ3n) is 2.62.